The van der Waals surface area contributed by atoms with Gasteiger partial charge in [0.05, 0.1) is 19.3 Å². The zero-order valence-electron chi connectivity index (χ0n) is 9.19. The Morgan fingerprint density at radius 2 is 2.06 bits per heavy atom. The van der Waals surface area contributed by atoms with Crippen LogP contribution in [0.1, 0.15) is 0 Å². The number of carbonyl (C=O) groups excluding carboxylic acids is 2. The maximum atomic E-state index is 11.6. The van der Waals surface area contributed by atoms with Crippen molar-refractivity contribution in [1.29, 1.82) is 0 Å². The topological polar surface area (TPSA) is 82.3 Å². The predicted molar refractivity (Wildman–Crippen MR) is 63.4 cm³/mol. The molecule has 0 aliphatic carbocycles. The molecule has 1 atom stereocenters. The molecule has 1 heterocycles. The summed E-state index contributed by atoms with van der Waals surface area (Å²) in [6.07, 6.45) is -0.239. The first-order chi connectivity index (χ1) is 8.24. The van der Waals surface area contributed by atoms with E-state index in [-0.39, 0.29) is 24.6 Å². The number of amides is 3. The summed E-state index contributed by atoms with van der Waals surface area (Å²) in [6, 6.07) is 8.86. The second-order valence-corrected chi connectivity index (χ2v) is 3.70. The second kappa shape index (κ2) is 5.31. The predicted octanol–water partition coefficient (Wildman–Crippen LogP) is -0.146. The fraction of sp³-hybridized carbons (Fsp3) is 0.273. The van der Waals surface area contributed by atoms with Gasteiger partial charge in [-0.3, -0.25) is 10.1 Å². The standard InChI is InChI=1S/C11H14N4O2/c16-10-7-12-9(6-13-10)15-11(17)14-8-4-2-1-3-5-8/h1-5,9,12H,6-7H2,(H,13,16)(H2,14,15,17). The van der Waals surface area contributed by atoms with Crippen molar-refractivity contribution < 1.29 is 9.59 Å². The minimum atomic E-state index is -0.301. The third kappa shape index (κ3) is 3.46. The van der Waals surface area contributed by atoms with Gasteiger partial charge in [-0.05, 0) is 12.1 Å². The molecular formula is C11H14N4O2. The molecule has 1 aromatic rings. The fourth-order valence-electron chi connectivity index (χ4n) is 1.52. The molecule has 0 spiro atoms. The highest BCUT2D eigenvalue weighted by molar-refractivity contribution is 5.89. The maximum absolute atomic E-state index is 11.6. The zero-order valence-corrected chi connectivity index (χ0v) is 9.19. The summed E-state index contributed by atoms with van der Waals surface area (Å²) in [5.74, 6) is -0.0634. The molecule has 17 heavy (non-hydrogen) atoms. The largest absolute Gasteiger partial charge is 0.352 e. The number of hydrogen-bond donors (Lipinski definition) is 4. The van der Waals surface area contributed by atoms with Crippen LogP contribution in [0.15, 0.2) is 30.3 Å². The van der Waals surface area contributed by atoms with E-state index in [1.807, 2.05) is 18.2 Å². The minimum absolute atomic E-state index is 0.0634. The van der Waals surface area contributed by atoms with Gasteiger partial charge in [-0.25, -0.2) is 4.79 Å². The molecule has 1 aromatic carbocycles. The molecule has 1 saturated heterocycles. The van der Waals surface area contributed by atoms with Crippen LogP contribution < -0.4 is 21.3 Å². The molecule has 3 amide bonds. The summed E-state index contributed by atoms with van der Waals surface area (Å²) >= 11 is 0. The van der Waals surface area contributed by atoms with E-state index >= 15 is 0 Å². The number of para-hydroxylation sites is 1. The highest BCUT2D eigenvalue weighted by Gasteiger charge is 2.18. The van der Waals surface area contributed by atoms with Crippen molar-refractivity contribution in [3.8, 4) is 0 Å². The van der Waals surface area contributed by atoms with Crippen LogP contribution in [0.25, 0.3) is 0 Å². The molecule has 6 heteroatoms. The number of piperazine rings is 1. The summed E-state index contributed by atoms with van der Waals surface area (Å²) in [5.41, 5.74) is 0.727. The number of benzene rings is 1. The van der Waals surface area contributed by atoms with Crippen LogP contribution in [-0.2, 0) is 4.79 Å². The van der Waals surface area contributed by atoms with Crippen molar-refractivity contribution in [2.75, 3.05) is 18.4 Å². The number of hydrogen-bond acceptors (Lipinski definition) is 3. The maximum Gasteiger partial charge on any atom is 0.320 e. The van der Waals surface area contributed by atoms with Gasteiger partial charge in [0.15, 0.2) is 0 Å². The van der Waals surface area contributed by atoms with E-state index in [2.05, 4.69) is 21.3 Å². The van der Waals surface area contributed by atoms with Crippen molar-refractivity contribution in [1.82, 2.24) is 16.0 Å². The smallest absolute Gasteiger partial charge is 0.320 e. The lowest BCUT2D eigenvalue weighted by molar-refractivity contribution is -0.121. The van der Waals surface area contributed by atoms with Crippen molar-refractivity contribution in [3.05, 3.63) is 30.3 Å². The highest BCUT2D eigenvalue weighted by atomic mass is 16.2. The number of anilines is 1. The van der Waals surface area contributed by atoms with E-state index in [0.717, 1.165) is 5.69 Å². The van der Waals surface area contributed by atoms with Gasteiger partial charge in [-0.15, -0.1) is 0 Å². The average Bonchev–Trinajstić information content (AvgIpc) is 2.33. The fourth-order valence-corrected chi connectivity index (χ4v) is 1.52. The zero-order chi connectivity index (χ0) is 12.1. The van der Waals surface area contributed by atoms with Crippen LogP contribution in [0.4, 0.5) is 10.5 Å². The lowest BCUT2D eigenvalue weighted by Crippen LogP contribution is -2.59. The van der Waals surface area contributed by atoms with Crippen LogP contribution in [0.3, 0.4) is 0 Å². The Hall–Kier alpha value is -2.08. The van der Waals surface area contributed by atoms with E-state index in [4.69, 9.17) is 0 Å². The molecule has 4 N–H and O–H groups in total. The summed E-state index contributed by atoms with van der Waals surface area (Å²) in [6.45, 7) is 0.608. The van der Waals surface area contributed by atoms with Crippen LogP contribution in [-0.4, -0.2) is 31.2 Å². The normalized spacial score (nSPS) is 19.3. The molecule has 1 unspecified atom stereocenters. The average molecular weight is 234 g/mol. The highest BCUT2D eigenvalue weighted by Crippen LogP contribution is 2.04. The van der Waals surface area contributed by atoms with Gasteiger partial charge in [-0.1, -0.05) is 18.2 Å². The van der Waals surface area contributed by atoms with Gasteiger partial charge in [0.25, 0.3) is 0 Å². The van der Waals surface area contributed by atoms with Crippen molar-refractivity contribution in [2.45, 2.75) is 6.17 Å². The SMILES string of the molecule is O=C1CNC(NC(=O)Nc2ccccc2)CN1. The van der Waals surface area contributed by atoms with E-state index < -0.39 is 0 Å². The Morgan fingerprint density at radius 3 is 2.71 bits per heavy atom. The molecule has 1 aliphatic heterocycles. The third-order valence-electron chi connectivity index (χ3n) is 2.35. The Balaban J connectivity index is 1.80. The van der Waals surface area contributed by atoms with Gasteiger partial charge < -0.3 is 16.0 Å². The lowest BCUT2D eigenvalue weighted by atomic mass is 10.3. The molecule has 0 bridgehead atoms. The van der Waals surface area contributed by atoms with Crippen LogP contribution in [0.2, 0.25) is 0 Å². The van der Waals surface area contributed by atoms with Crippen molar-refractivity contribution >= 4 is 17.6 Å². The molecule has 90 valence electrons. The first-order valence-corrected chi connectivity index (χ1v) is 5.37. The monoisotopic (exact) mass is 234 g/mol. The van der Waals surface area contributed by atoms with Crippen molar-refractivity contribution in [3.63, 3.8) is 0 Å². The van der Waals surface area contributed by atoms with Crippen LogP contribution >= 0.6 is 0 Å². The number of rotatable bonds is 2. The van der Waals surface area contributed by atoms with Crippen molar-refractivity contribution in [2.24, 2.45) is 0 Å². The first-order valence-electron chi connectivity index (χ1n) is 5.37. The van der Waals surface area contributed by atoms with Crippen LogP contribution in [0.5, 0.6) is 0 Å². The molecular weight excluding hydrogens is 220 g/mol. The first kappa shape index (κ1) is 11.4. The van der Waals surface area contributed by atoms with Gasteiger partial charge in [0, 0.05) is 5.69 Å². The second-order valence-electron chi connectivity index (χ2n) is 3.70. The van der Waals surface area contributed by atoms with Gasteiger partial charge in [-0.2, -0.15) is 0 Å². The molecule has 0 radical (unpaired) electrons. The van der Waals surface area contributed by atoms with Crippen LogP contribution in [0, 0.1) is 0 Å². The van der Waals surface area contributed by atoms with Gasteiger partial charge in [0.1, 0.15) is 0 Å². The molecule has 1 fully saturated rings. The van der Waals surface area contributed by atoms with E-state index in [9.17, 15) is 9.59 Å². The molecule has 2 rings (SSSR count). The number of urea groups is 1. The Bertz CT molecular complexity index is 397. The lowest BCUT2D eigenvalue weighted by Gasteiger charge is -2.24. The minimum Gasteiger partial charge on any atom is -0.352 e. The Morgan fingerprint density at radius 1 is 1.29 bits per heavy atom. The summed E-state index contributed by atoms with van der Waals surface area (Å²) in [7, 11) is 0. The molecule has 1 aliphatic rings. The van der Waals surface area contributed by atoms with E-state index in [1.165, 1.54) is 0 Å². The summed E-state index contributed by atoms with van der Waals surface area (Å²) in [4.78, 5) is 22.5. The quantitative estimate of drug-likeness (QED) is 0.574. The number of nitrogens with one attached hydrogen (secondary N) is 4. The third-order valence-corrected chi connectivity index (χ3v) is 2.35. The summed E-state index contributed by atoms with van der Waals surface area (Å²) < 4.78 is 0. The molecule has 0 saturated carbocycles. The molecule has 6 nitrogen and oxygen atoms in total. The van der Waals surface area contributed by atoms with E-state index in [1.54, 1.807) is 12.1 Å². The van der Waals surface area contributed by atoms with E-state index in [0.29, 0.717) is 6.54 Å². The van der Waals surface area contributed by atoms with Gasteiger partial charge >= 0.3 is 6.03 Å². The molecule has 0 aromatic heterocycles. The number of carbonyl (C=O) groups is 2. The Labute approximate surface area is 98.8 Å². The summed E-state index contributed by atoms with van der Waals surface area (Å²) in [5, 5.41) is 11.0. The Kier molecular flexibility index (Phi) is 3.56. The van der Waals surface area contributed by atoms with Gasteiger partial charge in [0.2, 0.25) is 5.91 Å².